The van der Waals surface area contributed by atoms with Gasteiger partial charge in [0.05, 0.1) is 6.54 Å². The molecule has 18 heavy (non-hydrogen) atoms. The Hall–Kier alpha value is -1.13. The summed E-state index contributed by atoms with van der Waals surface area (Å²) < 4.78 is 0. The van der Waals surface area contributed by atoms with Crippen molar-refractivity contribution >= 4 is 17.2 Å². The molecule has 0 fully saturated rings. The molecule has 98 valence electrons. The summed E-state index contributed by atoms with van der Waals surface area (Å²) in [6.07, 6.45) is 6.89. The standard InChI is InChI=1S/C14H19NO2S/c1-14(17,12-6-7-18-9-12)10-15-13(16)8-11-4-2-3-5-11/h2,4,6-7,9,11,17H,3,5,8,10H2,1H3,(H,15,16). The van der Waals surface area contributed by atoms with Crippen molar-refractivity contribution in [2.24, 2.45) is 5.92 Å². The number of aliphatic hydroxyl groups is 1. The molecular formula is C14H19NO2S. The number of allylic oxidation sites excluding steroid dienone is 2. The maximum absolute atomic E-state index is 11.8. The van der Waals surface area contributed by atoms with Crippen molar-refractivity contribution in [3.05, 3.63) is 34.5 Å². The van der Waals surface area contributed by atoms with E-state index in [4.69, 9.17) is 0 Å². The molecule has 1 aromatic rings. The molecule has 2 N–H and O–H groups in total. The molecule has 2 atom stereocenters. The zero-order valence-electron chi connectivity index (χ0n) is 10.6. The number of carbonyl (C=O) groups excluding carboxylic acids is 1. The van der Waals surface area contributed by atoms with E-state index in [1.54, 1.807) is 18.3 Å². The van der Waals surface area contributed by atoms with Gasteiger partial charge in [-0.1, -0.05) is 12.2 Å². The van der Waals surface area contributed by atoms with E-state index in [1.807, 2.05) is 16.8 Å². The van der Waals surface area contributed by atoms with Crippen LogP contribution in [0.15, 0.2) is 29.0 Å². The van der Waals surface area contributed by atoms with Crippen LogP contribution in [-0.2, 0) is 10.4 Å². The van der Waals surface area contributed by atoms with Crippen LogP contribution < -0.4 is 5.32 Å². The number of carbonyl (C=O) groups is 1. The van der Waals surface area contributed by atoms with Crippen LogP contribution >= 0.6 is 11.3 Å². The lowest BCUT2D eigenvalue weighted by Crippen LogP contribution is -2.38. The first-order valence-corrected chi connectivity index (χ1v) is 7.20. The summed E-state index contributed by atoms with van der Waals surface area (Å²) in [5.74, 6) is 0.387. The predicted octanol–water partition coefficient (Wildman–Crippen LogP) is 2.43. The Labute approximate surface area is 112 Å². The van der Waals surface area contributed by atoms with Gasteiger partial charge in [-0.3, -0.25) is 4.79 Å². The Morgan fingerprint density at radius 2 is 2.50 bits per heavy atom. The van der Waals surface area contributed by atoms with Gasteiger partial charge in [-0.05, 0) is 48.1 Å². The summed E-state index contributed by atoms with van der Waals surface area (Å²) in [6, 6.07) is 1.89. The molecule has 3 nitrogen and oxygen atoms in total. The first-order valence-electron chi connectivity index (χ1n) is 6.26. The Kier molecular flexibility index (Phi) is 4.19. The van der Waals surface area contributed by atoms with Crippen molar-refractivity contribution in [2.75, 3.05) is 6.54 Å². The smallest absolute Gasteiger partial charge is 0.220 e. The summed E-state index contributed by atoms with van der Waals surface area (Å²) in [5.41, 5.74) is -0.130. The van der Waals surface area contributed by atoms with Gasteiger partial charge in [-0.2, -0.15) is 11.3 Å². The molecule has 0 spiro atoms. The van der Waals surface area contributed by atoms with Crippen LogP contribution in [0, 0.1) is 5.92 Å². The molecule has 1 aliphatic carbocycles. The quantitative estimate of drug-likeness (QED) is 0.803. The largest absolute Gasteiger partial charge is 0.384 e. The van der Waals surface area contributed by atoms with Crippen molar-refractivity contribution < 1.29 is 9.90 Å². The lowest BCUT2D eigenvalue weighted by molar-refractivity contribution is -0.122. The maximum atomic E-state index is 11.8. The van der Waals surface area contributed by atoms with Crippen LogP contribution in [0.3, 0.4) is 0 Å². The molecule has 0 radical (unpaired) electrons. The molecule has 2 rings (SSSR count). The molecule has 4 heteroatoms. The Bertz CT molecular complexity index is 423. The van der Waals surface area contributed by atoms with Gasteiger partial charge in [-0.15, -0.1) is 0 Å². The Morgan fingerprint density at radius 3 is 3.11 bits per heavy atom. The number of amides is 1. The highest BCUT2D eigenvalue weighted by Gasteiger charge is 2.24. The van der Waals surface area contributed by atoms with Crippen LogP contribution in [-0.4, -0.2) is 17.6 Å². The molecule has 0 saturated carbocycles. The van der Waals surface area contributed by atoms with Crippen LogP contribution in [0.25, 0.3) is 0 Å². The normalized spacial score (nSPS) is 21.8. The average Bonchev–Trinajstić information content (AvgIpc) is 2.99. The summed E-state index contributed by atoms with van der Waals surface area (Å²) in [4.78, 5) is 11.8. The second-order valence-electron chi connectivity index (χ2n) is 5.03. The summed E-state index contributed by atoms with van der Waals surface area (Å²) in [5, 5.41) is 16.9. The van der Waals surface area contributed by atoms with E-state index in [9.17, 15) is 9.90 Å². The third-order valence-corrected chi connectivity index (χ3v) is 4.02. The van der Waals surface area contributed by atoms with E-state index >= 15 is 0 Å². The summed E-state index contributed by atoms with van der Waals surface area (Å²) in [6.45, 7) is 1.99. The molecule has 0 bridgehead atoms. The number of rotatable bonds is 5. The van der Waals surface area contributed by atoms with Crippen LogP contribution in [0.1, 0.15) is 31.7 Å². The minimum Gasteiger partial charge on any atom is -0.384 e. The highest BCUT2D eigenvalue weighted by molar-refractivity contribution is 7.08. The molecule has 1 aliphatic rings. The molecule has 0 aliphatic heterocycles. The van der Waals surface area contributed by atoms with E-state index in [0.717, 1.165) is 18.4 Å². The zero-order valence-corrected chi connectivity index (χ0v) is 11.4. The third kappa shape index (κ3) is 3.43. The van der Waals surface area contributed by atoms with Gasteiger partial charge >= 0.3 is 0 Å². The third-order valence-electron chi connectivity index (χ3n) is 3.33. The topological polar surface area (TPSA) is 49.3 Å². The highest BCUT2D eigenvalue weighted by Crippen LogP contribution is 2.23. The fraction of sp³-hybridized carbons (Fsp3) is 0.500. The van der Waals surface area contributed by atoms with Crippen molar-refractivity contribution in [3.8, 4) is 0 Å². The van der Waals surface area contributed by atoms with Crippen molar-refractivity contribution in [1.82, 2.24) is 5.32 Å². The van der Waals surface area contributed by atoms with Crippen molar-refractivity contribution in [1.29, 1.82) is 0 Å². The average molecular weight is 265 g/mol. The minimum atomic E-state index is -0.985. The number of thiophene rings is 1. The summed E-state index contributed by atoms with van der Waals surface area (Å²) >= 11 is 1.55. The molecule has 2 unspecified atom stereocenters. The van der Waals surface area contributed by atoms with Gasteiger partial charge in [0.2, 0.25) is 5.91 Å². The van der Waals surface area contributed by atoms with Gasteiger partial charge in [0.15, 0.2) is 0 Å². The van der Waals surface area contributed by atoms with Crippen LogP contribution in [0.5, 0.6) is 0 Å². The van der Waals surface area contributed by atoms with E-state index in [0.29, 0.717) is 12.3 Å². The number of nitrogens with one attached hydrogen (secondary N) is 1. The first kappa shape index (κ1) is 13.3. The van der Waals surface area contributed by atoms with Gasteiger partial charge in [0.25, 0.3) is 0 Å². The fourth-order valence-corrected chi connectivity index (χ4v) is 2.90. The molecular weight excluding hydrogens is 246 g/mol. The molecule has 0 aromatic carbocycles. The highest BCUT2D eigenvalue weighted by atomic mass is 32.1. The van der Waals surface area contributed by atoms with Gasteiger partial charge in [0.1, 0.15) is 5.60 Å². The fourth-order valence-electron chi connectivity index (χ4n) is 2.12. The van der Waals surface area contributed by atoms with E-state index in [1.165, 1.54) is 0 Å². The Morgan fingerprint density at radius 1 is 1.67 bits per heavy atom. The minimum absolute atomic E-state index is 0.0158. The SMILES string of the molecule is CC(O)(CNC(=O)CC1C=CCC1)c1ccsc1. The van der Waals surface area contributed by atoms with Crippen molar-refractivity contribution in [2.45, 2.75) is 31.8 Å². The Balaban J connectivity index is 1.80. The lowest BCUT2D eigenvalue weighted by Gasteiger charge is -2.23. The second kappa shape index (κ2) is 5.67. The van der Waals surface area contributed by atoms with Gasteiger partial charge in [-0.25, -0.2) is 0 Å². The second-order valence-corrected chi connectivity index (χ2v) is 5.81. The van der Waals surface area contributed by atoms with Gasteiger partial charge < -0.3 is 10.4 Å². The number of hydrogen-bond donors (Lipinski definition) is 2. The molecule has 1 heterocycles. The lowest BCUT2D eigenvalue weighted by atomic mass is 9.99. The number of hydrogen-bond acceptors (Lipinski definition) is 3. The van der Waals surface area contributed by atoms with E-state index in [2.05, 4.69) is 17.5 Å². The monoisotopic (exact) mass is 265 g/mol. The van der Waals surface area contributed by atoms with Crippen molar-refractivity contribution in [3.63, 3.8) is 0 Å². The van der Waals surface area contributed by atoms with Crippen LogP contribution in [0.2, 0.25) is 0 Å². The van der Waals surface area contributed by atoms with E-state index < -0.39 is 5.60 Å². The van der Waals surface area contributed by atoms with Gasteiger partial charge in [0, 0.05) is 6.42 Å². The first-order chi connectivity index (χ1) is 8.58. The van der Waals surface area contributed by atoms with E-state index in [-0.39, 0.29) is 12.5 Å². The molecule has 0 saturated heterocycles. The maximum Gasteiger partial charge on any atom is 0.220 e. The van der Waals surface area contributed by atoms with Crippen LogP contribution in [0.4, 0.5) is 0 Å². The predicted molar refractivity (Wildman–Crippen MR) is 73.4 cm³/mol. The molecule has 1 amide bonds. The zero-order chi connectivity index (χ0) is 13.0. The summed E-state index contributed by atoms with van der Waals surface area (Å²) in [7, 11) is 0. The molecule has 1 aromatic heterocycles.